The second-order valence-corrected chi connectivity index (χ2v) is 4.80. The summed E-state index contributed by atoms with van der Waals surface area (Å²) in [5.74, 6) is 0.687. The zero-order valence-corrected chi connectivity index (χ0v) is 10.6. The Morgan fingerprint density at radius 3 is 3.00 bits per heavy atom. The molecule has 3 unspecified atom stereocenters. The van der Waals surface area contributed by atoms with Crippen LogP contribution in [0.3, 0.4) is 0 Å². The second-order valence-electron chi connectivity index (χ2n) is 4.80. The largest absolute Gasteiger partial charge is 0.384 e. The molecule has 4 nitrogen and oxygen atoms in total. The molecule has 1 saturated heterocycles. The molecule has 94 valence electrons. The summed E-state index contributed by atoms with van der Waals surface area (Å²) >= 11 is 0. The molecule has 0 aromatic heterocycles. The van der Waals surface area contributed by atoms with E-state index in [-0.39, 0.29) is 11.8 Å². The Bertz CT molecular complexity index is 221. The lowest BCUT2D eigenvalue weighted by atomic mass is 9.91. The molecule has 0 radical (unpaired) electrons. The van der Waals surface area contributed by atoms with Gasteiger partial charge in [0.15, 0.2) is 0 Å². The number of ether oxygens (including phenoxy) is 1. The summed E-state index contributed by atoms with van der Waals surface area (Å²) in [7, 11) is 1.69. The lowest BCUT2D eigenvalue weighted by Gasteiger charge is -2.29. The molecule has 0 spiro atoms. The van der Waals surface area contributed by atoms with Gasteiger partial charge in [0.1, 0.15) is 0 Å². The summed E-state index contributed by atoms with van der Waals surface area (Å²) in [6, 6.07) is 0.298. The molecule has 1 aliphatic rings. The maximum Gasteiger partial charge on any atom is 0.224 e. The van der Waals surface area contributed by atoms with Crippen molar-refractivity contribution in [1.82, 2.24) is 10.6 Å². The number of nitrogens with one attached hydrogen (secondary N) is 2. The molecule has 1 aliphatic heterocycles. The molecule has 1 amide bonds. The Balaban J connectivity index is 2.28. The highest BCUT2D eigenvalue weighted by molar-refractivity contribution is 5.79. The third-order valence-electron chi connectivity index (χ3n) is 3.17. The van der Waals surface area contributed by atoms with Gasteiger partial charge in [0.05, 0.1) is 12.5 Å². The third kappa shape index (κ3) is 4.10. The molecule has 1 fully saturated rings. The minimum Gasteiger partial charge on any atom is -0.384 e. The van der Waals surface area contributed by atoms with E-state index in [1.54, 1.807) is 7.11 Å². The number of methoxy groups -OCH3 is 1. The number of carbonyl (C=O) groups is 1. The Morgan fingerprint density at radius 2 is 2.38 bits per heavy atom. The minimum atomic E-state index is 0.128. The molecule has 0 saturated carbocycles. The first-order valence-electron chi connectivity index (χ1n) is 6.15. The van der Waals surface area contributed by atoms with Crippen LogP contribution in [0, 0.1) is 11.8 Å². The third-order valence-corrected chi connectivity index (χ3v) is 3.17. The number of rotatable bonds is 5. The lowest BCUT2D eigenvalue weighted by molar-refractivity contribution is -0.126. The van der Waals surface area contributed by atoms with E-state index in [0.717, 1.165) is 19.4 Å². The molecule has 1 heterocycles. The molecule has 0 aromatic carbocycles. The zero-order chi connectivity index (χ0) is 12.0. The van der Waals surface area contributed by atoms with Crippen LogP contribution in [0.15, 0.2) is 0 Å². The van der Waals surface area contributed by atoms with E-state index in [4.69, 9.17) is 4.74 Å². The van der Waals surface area contributed by atoms with E-state index in [9.17, 15) is 4.79 Å². The summed E-state index contributed by atoms with van der Waals surface area (Å²) < 4.78 is 5.04. The van der Waals surface area contributed by atoms with Gasteiger partial charge in [-0.3, -0.25) is 4.79 Å². The number of amides is 1. The predicted octanol–water partition coefficient (Wildman–Crippen LogP) is 0.773. The van der Waals surface area contributed by atoms with Crippen LogP contribution in [-0.4, -0.2) is 38.8 Å². The summed E-state index contributed by atoms with van der Waals surface area (Å²) in [6.07, 6.45) is 2.09. The molecule has 0 aromatic rings. The Morgan fingerprint density at radius 1 is 1.62 bits per heavy atom. The van der Waals surface area contributed by atoms with Crippen LogP contribution in [0.4, 0.5) is 0 Å². The van der Waals surface area contributed by atoms with Crippen LogP contribution >= 0.6 is 0 Å². The van der Waals surface area contributed by atoms with Crippen LogP contribution in [-0.2, 0) is 9.53 Å². The maximum absolute atomic E-state index is 11.9. The fourth-order valence-electron chi connectivity index (χ4n) is 2.15. The molecular formula is C12H24N2O2. The van der Waals surface area contributed by atoms with Crippen molar-refractivity contribution >= 4 is 5.91 Å². The fourth-order valence-corrected chi connectivity index (χ4v) is 2.15. The summed E-state index contributed by atoms with van der Waals surface area (Å²) in [5.41, 5.74) is 0. The van der Waals surface area contributed by atoms with E-state index in [0.29, 0.717) is 25.1 Å². The monoisotopic (exact) mass is 228 g/mol. The van der Waals surface area contributed by atoms with Crippen molar-refractivity contribution in [2.45, 2.75) is 32.7 Å². The van der Waals surface area contributed by atoms with Crippen LogP contribution in [0.2, 0.25) is 0 Å². The maximum atomic E-state index is 11.9. The van der Waals surface area contributed by atoms with Crippen LogP contribution in [0.25, 0.3) is 0 Å². The van der Waals surface area contributed by atoms with Crippen molar-refractivity contribution in [3.8, 4) is 0 Å². The lowest BCUT2D eigenvalue weighted by Crippen LogP contribution is -2.47. The fraction of sp³-hybridized carbons (Fsp3) is 0.917. The van der Waals surface area contributed by atoms with Gasteiger partial charge in [-0.25, -0.2) is 0 Å². The van der Waals surface area contributed by atoms with Gasteiger partial charge in [-0.2, -0.15) is 0 Å². The standard InChI is InChI=1S/C12H24N2O2/c1-9(8-16-3)7-14-12(15)11-5-4-6-13-10(11)2/h9-11,13H,4-8H2,1-3H3,(H,14,15). The van der Waals surface area contributed by atoms with Crippen LogP contribution < -0.4 is 10.6 Å². The second kappa shape index (κ2) is 6.86. The highest BCUT2D eigenvalue weighted by atomic mass is 16.5. The smallest absolute Gasteiger partial charge is 0.224 e. The Kier molecular flexibility index (Phi) is 5.77. The Labute approximate surface area is 98.1 Å². The van der Waals surface area contributed by atoms with Crippen molar-refractivity contribution in [2.75, 3.05) is 26.8 Å². The normalized spacial score (nSPS) is 27.4. The SMILES string of the molecule is COCC(C)CNC(=O)C1CCCNC1C. The van der Waals surface area contributed by atoms with Crippen molar-refractivity contribution in [3.63, 3.8) is 0 Å². The number of carbonyl (C=O) groups excluding carboxylic acids is 1. The van der Waals surface area contributed by atoms with E-state index in [2.05, 4.69) is 24.5 Å². The molecular weight excluding hydrogens is 204 g/mol. The summed E-state index contributed by atoms with van der Waals surface area (Å²) in [6.45, 7) is 6.59. The van der Waals surface area contributed by atoms with Crippen LogP contribution in [0.1, 0.15) is 26.7 Å². The van der Waals surface area contributed by atoms with E-state index in [1.807, 2.05) is 0 Å². The summed E-state index contributed by atoms with van der Waals surface area (Å²) in [5, 5.41) is 6.35. The van der Waals surface area contributed by atoms with Gasteiger partial charge in [-0.05, 0) is 32.2 Å². The topological polar surface area (TPSA) is 50.4 Å². The van der Waals surface area contributed by atoms with Gasteiger partial charge in [0.2, 0.25) is 5.91 Å². The first-order chi connectivity index (χ1) is 7.65. The first-order valence-corrected chi connectivity index (χ1v) is 6.15. The molecule has 4 heteroatoms. The number of hydrogen-bond acceptors (Lipinski definition) is 3. The molecule has 1 rings (SSSR count). The van der Waals surface area contributed by atoms with E-state index in [1.165, 1.54) is 0 Å². The highest BCUT2D eigenvalue weighted by Gasteiger charge is 2.27. The zero-order valence-electron chi connectivity index (χ0n) is 10.6. The molecule has 0 bridgehead atoms. The molecule has 0 aliphatic carbocycles. The van der Waals surface area contributed by atoms with Crippen LogP contribution in [0.5, 0.6) is 0 Å². The van der Waals surface area contributed by atoms with Gasteiger partial charge < -0.3 is 15.4 Å². The van der Waals surface area contributed by atoms with Gasteiger partial charge >= 0.3 is 0 Å². The highest BCUT2D eigenvalue weighted by Crippen LogP contribution is 2.16. The average molecular weight is 228 g/mol. The molecule has 16 heavy (non-hydrogen) atoms. The van der Waals surface area contributed by atoms with Crippen molar-refractivity contribution in [2.24, 2.45) is 11.8 Å². The van der Waals surface area contributed by atoms with E-state index < -0.39 is 0 Å². The quantitative estimate of drug-likeness (QED) is 0.731. The predicted molar refractivity (Wildman–Crippen MR) is 64.2 cm³/mol. The van der Waals surface area contributed by atoms with Crippen molar-refractivity contribution in [1.29, 1.82) is 0 Å². The average Bonchev–Trinajstić information content (AvgIpc) is 2.27. The van der Waals surface area contributed by atoms with Crippen molar-refractivity contribution < 1.29 is 9.53 Å². The van der Waals surface area contributed by atoms with Gasteiger partial charge in [-0.1, -0.05) is 6.92 Å². The van der Waals surface area contributed by atoms with Gasteiger partial charge in [0.25, 0.3) is 0 Å². The number of hydrogen-bond donors (Lipinski definition) is 2. The van der Waals surface area contributed by atoms with Crippen molar-refractivity contribution in [3.05, 3.63) is 0 Å². The number of piperidine rings is 1. The minimum absolute atomic E-state index is 0.128. The van der Waals surface area contributed by atoms with Gasteiger partial charge in [0, 0.05) is 19.7 Å². The molecule has 2 N–H and O–H groups in total. The molecule has 3 atom stereocenters. The first kappa shape index (κ1) is 13.5. The summed E-state index contributed by atoms with van der Waals surface area (Å²) in [4.78, 5) is 11.9. The Hall–Kier alpha value is -0.610. The van der Waals surface area contributed by atoms with E-state index >= 15 is 0 Å². The van der Waals surface area contributed by atoms with Gasteiger partial charge in [-0.15, -0.1) is 0 Å².